The van der Waals surface area contributed by atoms with E-state index in [0.29, 0.717) is 13.1 Å². The van der Waals surface area contributed by atoms with Gasteiger partial charge in [-0.3, -0.25) is 9.48 Å². The van der Waals surface area contributed by atoms with E-state index in [0.717, 1.165) is 31.6 Å². The molecule has 0 spiro atoms. The Morgan fingerprint density at radius 2 is 1.70 bits per heavy atom. The monoisotopic (exact) mass is 406 g/mol. The zero-order valence-corrected chi connectivity index (χ0v) is 17.6. The first-order valence-electron chi connectivity index (χ1n) is 10.5. The molecule has 8 heteroatoms. The van der Waals surface area contributed by atoms with Gasteiger partial charge in [0.05, 0.1) is 22.5 Å². The lowest BCUT2D eigenvalue weighted by atomic mass is 10.1. The van der Waals surface area contributed by atoms with Crippen LogP contribution >= 0.6 is 0 Å². The average molecular weight is 407 g/mol. The Morgan fingerprint density at radius 3 is 2.26 bits per heavy atom. The summed E-state index contributed by atoms with van der Waals surface area (Å²) in [6.07, 6.45) is 10.9. The van der Waals surface area contributed by atoms with Gasteiger partial charge in [0.25, 0.3) is 0 Å². The molecule has 0 radical (unpaired) electrons. The minimum atomic E-state index is -4.43. The van der Waals surface area contributed by atoms with Gasteiger partial charge in [0, 0.05) is 6.42 Å². The van der Waals surface area contributed by atoms with Gasteiger partial charge in [-0.2, -0.15) is 0 Å². The van der Waals surface area contributed by atoms with Crippen molar-refractivity contribution in [2.75, 3.05) is 38.5 Å². The third-order valence-corrected chi connectivity index (χ3v) is 5.86. The first kappa shape index (κ1) is 24.3. The molecule has 1 unspecified atom stereocenters. The van der Waals surface area contributed by atoms with Crippen molar-refractivity contribution in [2.45, 2.75) is 77.2 Å². The second-order valence-corrected chi connectivity index (χ2v) is 8.98. The minimum absolute atomic E-state index is 0.0621. The zero-order chi connectivity index (χ0) is 20.1. The zero-order valence-electron chi connectivity index (χ0n) is 16.8. The van der Waals surface area contributed by atoms with Gasteiger partial charge < -0.3 is 14.8 Å². The van der Waals surface area contributed by atoms with Gasteiger partial charge in [0.15, 0.2) is 0 Å². The summed E-state index contributed by atoms with van der Waals surface area (Å²) < 4.78 is 34.5. The van der Waals surface area contributed by atoms with Gasteiger partial charge in [-0.25, -0.2) is 8.42 Å². The maximum atomic E-state index is 10.8. The van der Waals surface area contributed by atoms with Crippen molar-refractivity contribution in [1.29, 1.82) is 0 Å². The van der Waals surface area contributed by atoms with E-state index >= 15 is 0 Å². The number of unbranched alkanes of at least 4 members (excludes halogenated alkanes) is 8. The van der Waals surface area contributed by atoms with Gasteiger partial charge in [0.2, 0.25) is 5.84 Å². The van der Waals surface area contributed by atoms with Crippen molar-refractivity contribution in [3.63, 3.8) is 0 Å². The van der Waals surface area contributed by atoms with Crippen LogP contribution in [-0.4, -0.2) is 83.1 Å². The predicted molar refractivity (Wildman–Crippen MR) is 106 cm³/mol. The van der Waals surface area contributed by atoms with E-state index in [9.17, 15) is 23.2 Å². The van der Waals surface area contributed by atoms with Crippen LogP contribution in [0.15, 0.2) is 0 Å². The molecule has 0 fully saturated rings. The van der Waals surface area contributed by atoms with Crippen LogP contribution in [0.4, 0.5) is 0 Å². The second-order valence-electron chi connectivity index (χ2n) is 7.53. The van der Waals surface area contributed by atoms with Crippen molar-refractivity contribution in [3.8, 4) is 0 Å². The molecule has 0 saturated heterocycles. The topological polar surface area (TPSA) is 104 Å². The van der Waals surface area contributed by atoms with E-state index in [1.54, 1.807) is 0 Å². The lowest BCUT2D eigenvalue weighted by Gasteiger charge is -2.15. The van der Waals surface area contributed by atoms with E-state index in [1.165, 1.54) is 44.9 Å². The van der Waals surface area contributed by atoms with Crippen LogP contribution in [0.3, 0.4) is 0 Å². The molecule has 0 amide bonds. The number of amidine groups is 1. The highest BCUT2D eigenvalue weighted by molar-refractivity contribution is 7.85. The fraction of sp³-hybridized carbons (Fsp3) is 0.947. The SMILES string of the molecule is CCCCCCCCCCCC1=[N+](CC(O)CS(=O)(=O)[O-])CCN1CCO. The molecule has 0 bridgehead atoms. The molecule has 0 aliphatic carbocycles. The first-order valence-corrected chi connectivity index (χ1v) is 12.0. The fourth-order valence-corrected chi connectivity index (χ4v) is 4.29. The Labute approximate surface area is 164 Å². The number of aliphatic hydroxyl groups excluding tert-OH is 2. The summed E-state index contributed by atoms with van der Waals surface area (Å²) in [5.41, 5.74) is 0. The number of aliphatic hydroxyl groups is 2. The maximum absolute atomic E-state index is 10.8. The molecular weight excluding hydrogens is 368 g/mol. The molecule has 27 heavy (non-hydrogen) atoms. The summed E-state index contributed by atoms with van der Waals surface area (Å²) in [6.45, 7) is 4.41. The van der Waals surface area contributed by atoms with Crippen LogP contribution in [0, 0.1) is 0 Å². The van der Waals surface area contributed by atoms with Crippen molar-refractivity contribution < 1.29 is 27.8 Å². The molecule has 0 aromatic rings. The van der Waals surface area contributed by atoms with E-state index in [1.807, 2.05) is 4.58 Å². The highest BCUT2D eigenvalue weighted by Gasteiger charge is 2.30. The van der Waals surface area contributed by atoms with Crippen LogP contribution in [0.2, 0.25) is 0 Å². The molecule has 160 valence electrons. The van der Waals surface area contributed by atoms with Crippen molar-refractivity contribution in [1.82, 2.24) is 4.90 Å². The Kier molecular flexibility index (Phi) is 12.1. The Hall–Kier alpha value is -0.700. The Bertz CT molecular complexity index is 536. The maximum Gasteiger partial charge on any atom is 0.247 e. The molecule has 1 aliphatic heterocycles. The normalized spacial score (nSPS) is 16.4. The lowest BCUT2D eigenvalue weighted by molar-refractivity contribution is -0.527. The van der Waals surface area contributed by atoms with Gasteiger partial charge in [-0.05, 0) is 6.42 Å². The summed E-state index contributed by atoms with van der Waals surface area (Å²) in [6, 6.07) is 0. The molecule has 1 heterocycles. The van der Waals surface area contributed by atoms with Crippen molar-refractivity contribution in [2.24, 2.45) is 0 Å². The van der Waals surface area contributed by atoms with Gasteiger partial charge >= 0.3 is 0 Å². The first-order chi connectivity index (χ1) is 12.9. The van der Waals surface area contributed by atoms with Gasteiger partial charge in [0.1, 0.15) is 32.3 Å². The third-order valence-electron chi connectivity index (χ3n) is 5.07. The van der Waals surface area contributed by atoms with Crippen LogP contribution in [-0.2, 0) is 10.1 Å². The Morgan fingerprint density at radius 1 is 1.11 bits per heavy atom. The molecular formula is C19H38N2O5S. The smallest absolute Gasteiger partial charge is 0.247 e. The highest BCUT2D eigenvalue weighted by atomic mass is 32.2. The number of β-amino-alcohol motifs (C(OH)–C–C–N with tert-alkyl or cyclic N) is 2. The highest BCUT2D eigenvalue weighted by Crippen LogP contribution is 2.14. The van der Waals surface area contributed by atoms with Crippen LogP contribution < -0.4 is 0 Å². The third kappa shape index (κ3) is 11.0. The quantitative estimate of drug-likeness (QED) is 0.229. The summed E-state index contributed by atoms with van der Waals surface area (Å²) in [5, 5.41) is 19.2. The van der Waals surface area contributed by atoms with Crippen molar-refractivity contribution in [3.05, 3.63) is 0 Å². The van der Waals surface area contributed by atoms with Crippen LogP contribution in [0.5, 0.6) is 0 Å². The number of hydrogen-bond donors (Lipinski definition) is 2. The molecule has 1 rings (SSSR count). The minimum Gasteiger partial charge on any atom is -0.748 e. The summed E-state index contributed by atoms with van der Waals surface area (Å²) in [4.78, 5) is 2.10. The summed E-state index contributed by atoms with van der Waals surface area (Å²) >= 11 is 0. The summed E-state index contributed by atoms with van der Waals surface area (Å²) in [7, 11) is -4.43. The lowest BCUT2D eigenvalue weighted by Crippen LogP contribution is -2.35. The molecule has 7 nitrogen and oxygen atoms in total. The molecule has 1 atom stereocenters. The van der Waals surface area contributed by atoms with Crippen molar-refractivity contribution >= 4 is 16.0 Å². The molecule has 1 aliphatic rings. The van der Waals surface area contributed by atoms with E-state index < -0.39 is 22.0 Å². The van der Waals surface area contributed by atoms with E-state index in [2.05, 4.69) is 11.8 Å². The second kappa shape index (κ2) is 13.5. The standard InChI is InChI=1S/C19H38N2O5S/c1-2-3-4-5-6-7-8-9-10-11-19-20(14-15-22)12-13-21(19)16-18(23)17-27(24,25)26/h18,22-23H,2-17H2,1H3. The number of hydrogen-bond acceptors (Lipinski definition) is 6. The number of rotatable bonds is 16. The van der Waals surface area contributed by atoms with Crippen LogP contribution in [0.25, 0.3) is 0 Å². The van der Waals surface area contributed by atoms with Crippen LogP contribution in [0.1, 0.15) is 71.1 Å². The number of nitrogens with zero attached hydrogens (tertiary/aromatic N) is 2. The largest absolute Gasteiger partial charge is 0.748 e. The van der Waals surface area contributed by atoms with E-state index in [-0.39, 0.29) is 13.2 Å². The molecule has 0 aromatic carbocycles. The van der Waals surface area contributed by atoms with Gasteiger partial charge in [-0.1, -0.05) is 58.3 Å². The Balaban J connectivity index is 2.42. The average Bonchev–Trinajstić information content (AvgIpc) is 2.93. The van der Waals surface area contributed by atoms with E-state index in [4.69, 9.17) is 0 Å². The molecule has 0 saturated carbocycles. The summed E-state index contributed by atoms with van der Waals surface area (Å²) in [5.74, 6) is 0.295. The molecule has 2 N–H and O–H groups in total. The fourth-order valence-electron chi connectivity index (χ4n) is 3.71. The molecule has 0 aromatic heterocycles. The van der Waals surface area contributed by atoms with Gasteiger partial charge in [-0.15, -0.1) is 0 Å². The predicted octanol–water partition coefficient (Wildman–Crippen LogP) is 1.53.